The number of aromatic hydroxyl groups is 1. The molecular formula is C36H54O5. The number of aliphatic carboxylic acids is 1. The Kier molecular flexibility index (Phi) is 15.0. The monoisotopic (exact) mass is 566 g/mol. The lowest BCUT2D eigenvalue weighted by Crippen LogP contribution is -2.25. The Bertz CT molecular complexity index is 1080. The molecule has 0 heterocycles. The lowest BCUT2D eigenvalue weighted by molar-refractivity contribution is -0.139. The van der Waals surface area contributed by atoms with Gasteiger partial charge in [0.15, 0.2) is 6.61 Å². The molecule has 5 heteroatoms. The number of unbranched alkanes of at least 4 members (excludes halogenated alkanes) is 8. The third kappa shape index (κ3) is 10.8. The van der Waals surface area contributed by atoms with Crippen LogP contribution < -0.4 is 4.74 Å². The molecule has 2 N–H and O–H groups in total. The van der Waals surface area contributed by atoms with Crippen LogP contribution in [0.3, 0.4) is 0 Å². The van der Waals surface area contributed by atoms with Crippen LogP contribution in [0.4, 0.5) is 0 Å². The van der Waals surface area contributed by atoms with Crippen molar-refractivity contribution in [2.45, 2.75) is 130 Å². The average molecular weight is 567 g/mol. The fourth-order valence-electron chi connectivity index (χ4n) is 6.05. The molecule has 0 spiro atoms. The van der Waals surface area contributed by atoms with Crippen molar-refractivity contribution >= 4 is 11.8 Å². The van der Waals surface area contributed by atoms with Gasteiger partial charge in [-0.1, -0.05) is 97.6 Å². The van der Waals surface area contributed by atoms with E-state index in [-0.39, 0.29) is 23.5 Å². The number of carboxylic acid groups (broad SMARTS) is 1. The number of hydrogen-bond donors (Lipinski definition) is 2. The van der Waals surface area contributed by atoms with Crippen molar-refractivity contribution in [3.8, 4) is 11.5 Å². The summed E-state index contributed by atoms with van der Waals surface area (Å²) in [7, 11) is 0. The molecule has 0 aliphatic heterocycles. The number of benzene rings is 2. The number of phenolic OH excluding ortho intramolecular Hbond substituents is 1. The number of hydrogen-bond acceptors (Lipinski definition) is 4. The molecule has 0 radical (unpaired) electrons. The van der Waals surface area contributed by atoms with Gasteiger partial charge in [0.1, 0.15) is 17.3 Å². The predicted octanol–water partition coefficient (Wildman–Crippen LogP) is 9.63. The van der Waals surface area contributed by atoms with E-state index in [1.807, 2.05) is 32.0 Å². The lowest BCUT2D eigenvalue weighted by atomic mass is 9.72. The number of carboxylic acids is 1. The summed E-state index contributed by atoms with van der Waals surface area (Å²) < 4.78 is 5.53. The van der Waals surface area contributed by atoms with Gasteiger partial charge in [-0.25, -0.2) is 4.79 Å². The number of phenols is 1. The van der Waals surface area contributed by atoms with Crippen LogP contribution in [0.2, 0.25) is 0 Å². The Morgan fingerprint density at radius 2 is 1.41 bits per heavy atom. The summed E-state index contributed by atoms with van der Waals surface area (Å²) in [5.74, 6) is -0.0706. The second-order valence-corrected chi connectivity index (χ2v) is 12.0. The van der Waals surface area contributed by atoms with E-state index in [4.69, 9.17) is 9.84 Å². The Morgan fingerprint density at radius 3 is 2.00 bits per heavy atom. The van der Waals surface area contributed by atoms with E-state index in [0.717, 1.165) is 66.3 Å². The first kappa shape index (κ1) is 34.4. The fourth-order valence-corrected chi connectivity index (χ4v) is 6.05. The molecule has 2 unspecified atom stereocenters. The summed E-state index contributed by atoms with van der Waals surface area (Å²) in [4.78, 5) is 25.1. The average Bonchev–Trinajstić information content (AvgIpc) is 2.92. The SMILES string of the molecule is CCCCCCCCCC(C(=O)CCCCC)C(c1ccc(O)c(C(C)C)c1)c1c(C)cc(OCC(=O)O)cc1C. The predicted molar refractivity (Wildman–Crippen MR) is 168 cm³/mol. The van der Waals surface area contributed by atoms with E-state index < -0.39 is 12.6 Å². The number of Topliss-reactive ketones (excluding diaryl/α,β-unsaturated/α-hetero) is 1. The van der Waals surface area contributed by atoms with Crippen LogP contribution in [-0.4, -0.2) is 28.6 Å². The number of carbonyl (C=O) groups excluding carboxylic acids is 1. The molecular weight excluding hydrogens is 512 g/mol. The van der Waals surface area contributed by atoms with Crippen LogP contribution in [0, 0.1) is 19.8 Å². The molecule has 0 saturated heterocycles. The summed E-state index contributed by atoms with van der Waals surface area (Å²) in [6.07, 6.45) is 12.8. The highest BCUT2D eigenvalue weighted by Crippen LogP contribution is 2.43. The minimum absolute atomic E-state index is 0.145. The van der Waals surface area contributed by atoms with Crippen LogP contribution in [0.15, 0.2) is 30.3 Å². The second-order valence-electron chi connectivity index (χ2n) is 12.0. The maximum absolute atomic E-state index is 14.0. The first-order chi connectivity index (χ1) is 19.6. The van der Waals surface area contributed by atoms with Crippen molar-refractivity contribution in [1.82, 2.24) is 0 Å². The zero-order chi connectivity index (χ0) is 30.4. The third-order valence-electron chi connectivity index (χ3n) is 8.23. The first-order valence-electron chi connectivity index (χ1n) is 15.9. The van der Waals surface area contributed by atoms with E-state index in [1.54, 1.807) is 6.07 Å². The fraction of sp³-hybridized carbons (Fsp3) is 0.611. The van der Waals surface area contributed by atoms with E-state index in [2.05, 4.69) is 33.8 Å². The lowest BCUT2D eigenvalue weighted by Gasteiger charge is -2.31. The molecule has 0 aromatic heterocycles. The number of carbonyl (C=O) groups is 2. The van der Waals surface area contributed by atoms with Gasteiger partial charge in [0.05, 0.1) is 0 Å². The summed E-state index contributed by atoms with van der Waals surface area (Å²) in [5, 5.41) is 19.7. The van der Waals surface area contributed by atoms with Crippen LogP contribution in [0.5, 0.6) is 11.5 Å². The highest BCUT2D eigenvalue weighted by Gasteiger charge is 2.33. The highest BCUT2D eigenvalue weighted by atomic mass is 16.5. The van der Waals surface area contributed by atoms with E-state index in [9.17, 15) is 14.7 Å². The van der Waals surface area contributed by atoms with E-state index in [0.29, 0.717) is 18.0 Å². The van der Waals surface area contributed by atoms with Crippen LogP contribution >= 0.6 is 0 Å². The molecule has 0 aliphatic rings. The van der Waals surface area contributed by atoms with Gasteiger partial charge in [-0.2, -0.15) is 0 Å². The smallest absolute Gasteiger partial charge is 0.341 e. The summed E-state index contributed by atoms with van der Waals surface area (Å²) in [6.45, 7) is 12.2. The number of ether oxygens (including phenoxy) is 1. The molecule has 2 aromatic carbocycles. The number of aryl methyl sites for hydroxylation is 2. The van der Waals surface area contributed by atoms with Gasteiger partial charge in [0.2, 0.25) is 0 Å². The Labute approximate surface area is 248 Å². The standard InChI is InChI=1S/C36H54O5/c1-7-9-11-12-13-14-16-17-30(32(37)18-15-10-8-2)36(28-19-20-33(38)31(23-28)25(3)4)35-26(5)21-29(22-27(35)6)41-24-34(39)40/h19-23,25,30,36,38H,7-18,24H2,1-6H3,(H,39,40). The summed E-state index contributed by atoms with van der Waals surface area (Å²) in [5.41, 5.74) is 5.01. The van der Waals surface area contributed by atoms with Crippen LogP contribution in [-0.2, 0) is 9.59 Å². The van der Waals surface area contributed by atoms with E-state index in [1.165, 1.54) is 32.1 Å². The summed E-state index contributed by atoms with van der Waals surface area (Å²) in [6, 6.07) is 9.65. The first-order valence-corrected chi connectivity index (χ1v) is 15.9. The quantitative estimate of drug-likeness (QED) is 0.156. The zero-order valence-corrected chi connectivity index (χ0v) is 26.4. The Hall–Kier alpha value is -2.82. The van der Waals surface area contributed by atoms with Gasteiger partial charge >= 0.3 is 5.97 Å². The van der Waals surface area contributed by atoms with Gasteiger partial charge in [-0.3, -0.25) is 4.79 Å². The molecule has 228 valence electrons. The van der Waals surface area contributed by atoms with Crippen molar-refractivity contribution in [1.29, 1.82) is 0 Å². The third-order valence-corrected chi connectivity index (χ3v) is 8.23. The van der Waals surface area contributed by atoms with Gasteiger partial charge in [-0.05, 0) is 78.6 Å². The van der Waals surface area contributed by atoms with Crippen LogP contribution in [0.1, 0.15) is 144 Å². The van der Waals surface area contributed by atoms with Gasteiger partial charge < -0.3 is 14.9 Å². The zero-order valence-electron chi connectivity index (χ0n) is 26.4. The molecule has 5 nitrogen and oxygen atoms in total. The maximum atomic E-state index is 14.0. The largest absolute Gasteiger partial charge is 0.508 e. The van der Waals surface area contributed by atoms with Gasteiger partial charge in [0.25, 0.3) is 0 Å². The Morgan fingerprint density at radius 1 is 0.829 bits per heavy atom. The van der Waals surface area contributed by atoms with Crippen molar-refractivity contribution in [3.63, 3.8) is 0 Å². The minimum atomic E-state index is -1.01. The summed E-state index contributed by atoms with van der Waals surface area (Å²) >= 11 is 0. The molecule has 0 saturated carbocycles. The van der Waals surface area contributed by atoms with E-state index >= 15 is 0 Å². The van der Waals surface area contributed by atoms with Crippen LogP contribution in [0.25, 0.3) is 0 Å². The molecule has 2 rings (SSSR count). The van der Waals surface area contributed by atoms with Crippen molar-refractivity contribution in [2.75, 3.05) is 6.61 Å². The second kappa shape index (κ2) is 17.9. The van der Waals surface area contributed by atoms with Gasteiger partial charge in [0, 0.05) is 18.3 Å². The molecule has 2 aromatic rings. The molecule has 0 fully saturated rings. The maximum Gasteiger partial charge on any atom is 0.341 e. The normalized spacial score (nSPS) is 12.9. The highest BCUT2D eigenvalue weighted by molar-refractivity contribution is 5.83. The molecule has 0 amide bonds. The topological polar surface area (TPSA) is 83.8 Å². The Balaban J connectivity index is 2.56. The molecule has 41 heavy (non-hydrogen) atoms. The van der Waals surface area contributed by atoms with Crippen molar-refractivity contribution < 1.29 is 24.5 Å². The minimum Gasteiger partial charge on any atom is -0.508 e. The molecule has 0 bridgehead atoms. The number of rotatable bonds is 20. The molecule has 2 atom stereocenters. The molecule has 0 aliphatic carbocycles. The van der Waals surface area contributed by atoms with Gasteiger partial charge in [-0.15, -0.1) is 0 Å². The van der Waals surface area contributed by atoms with Crippen molar-refractivity contribution in [3.05, 3.63) is 58.1 Å². The van der Waals surface area contributed by atoms with Crippen molar-refractivity contribution in [2.24, 2.45) is 5.92 Å². The number of ketones is 1.